The van der Waals surface area contributed by atoms with Crippen LogP contribution >= 0.6 is 11.3 Å². The molecule has 5 aliphatic rings. The summed E-state index contributed by atoms with van der Waals surface area (Å²) in [5, 5.41) is 24.6. The monoisotopic (exact) mass is 984 g/mol. The molecule has 0 aliphatic carbocycles. The van der Waals surface area contributed by atoms with E-state index in [1.807, 2.05) is 9.47 Å². The number of nitrogens with zero attached hydrogens (tertiary/aromatic N) is 6. The molecule has 3 fully saturated rings. The Morgan fingerprint density at radius 2 is 1.68 bits per heavy atom. The van der Waals surface area contributed by atoms with Crippen molar-refractivity contribution in [1.29, 1.82) is 0 Å². The van der Waals surface area contributed by atoms with Crippen LogP contribution in [-0.2, 0) is 38.7 Å². The van der Waals surface area contributed by atoms with Crippen molar-refractivity contribution in [2.24, 2.45) is 0 Å². The Bertz CT molecular complexity index is 2990. The number of piperidine rings is 3. The van der Waals surface area contributed by atoms with Crippen molar-refractivity contribution in [3.63, 3.8) is 0 Å². The predicted octanol–water partition coefficient (Wildman–Crippen LogP) is 4.66. The summed E-state index contributed by atoms with van der Waals surface area (Å²) in [6.45, 7) is 2.14. The van der Waals surface area contributed by atoms with Gasteiger partial charge in [0.2, 0.25) is 17.7 Å². The second-order valence-electron chi connectivity index (χ2n) is 18.7. The van der Waals surface area contributed by atoms with Crippen LogP contribution in [0, 0.1) is 23.5 Å². The van der Waals surface area contributed by atoms with E-state index >= 15 is 8.78 Å². The summed E-state index contributed by atoms with van der Waals surface area (Å²) in [7, 11) is 0. The average molecular weight is 985 g/mol. The summed E-state index contributed by atoms with van der Waals surface area (Å²) in [4.78, 5) is 91.6. The van der Waals surface area contributed by atoms with E-state index in [0.29, 0.717) is 85.2 Å². The highest BCUT2D eigenvalue weighted by molar-refractivity contribution is 7.13. The Balaban J connectivity index is 0.695. The summed E-state index contributed by atoms with van der Waals surface area (Å²) in [5.74, 6) is 2.60. The van der Waals surface area contributed by atoms with Crippen LogP contribution in [0.15, 0.2) is 72.5 Å². The first-order valence-electron chi connectivity index (χ1n) is 23.7. The van der Waals surface area contributed by atoms with Gasteiger partial charge in [0.25, 0.3) is 17.7 Å². The van der Waals surface area contributed by atoms with Crippen molar-refractivity contribution in [1.82, 2.24) is 35.0 Å². The molecule has 2 unspecified atom stereocenters. The first-order valence-corrected chi connectivity index (χ1v) is 24.6. The molecule has 366 valence electrons. The number of anilines is 3. The van der Waals surface area contributed by atoms with Crippen molar-refractivity contribution >= 4 is 63.3 Å². The van der Waals surface area contributed by atoms with Gasteiger partial charge in [-0.15, -0.1) is 11.3 Å². The molecule has 3 aromatic carbocycles. The molecule has 2 atom stereocenters. The summed E-state index contributed by atoms with van der Waals surface area (Å²) in [6.07, 6.45) is 6.88. The van der Waals surface area contributed by atoms with Crippen LogP contribution in [0.2, 0.25) is 0 Å². The minimum absolute atomic E-state index is 0.0633. The number of thiazole rings is 1. The van der Waals surface area contributed by atoms with Crippen LogP contribution < -0.4 is 26.2 Å². The van der Waals surface area contributed by atoms with E-state index in [9.17, 15) is 33.9 Å². The molecule has 5 aliphatic heterocycles. The number of aryl methyl sites for hydroxylation is 1. The van der Waals surface area contributed by atoms with Crippen LogP contribution in [0.3, 0.4) is 0 Å². The van der Waals surface area contributed by atoms with Crippen LogP contribution in [0.1, 0.15) is 106 Å². The lowest BCUT2D eigenvalue weighted by molar-refractivity contribution is -0.138. The molecular formula is C51H50F2N10O7S. The van der Waals surface area contributed by atoms with E-state index in [2.05, 4.69) is 43.1 Å². The number of fused-ring (bicyclic) bond motifs is 2. The van der Waals surface area contributed by atoms with Gasteiger partial charge in [-0.25, -0.2) is 18.7 Å². The highest BCUT2D eigenvalue weighted by Gasteiger charge is 2.42. The fourth-order valence-corrected chi connectivity index (χ4v) is 10.6. The average Bonchev–Trinajstić information content (AvgIpc) is 4.18. The van der Waals surface area contributed by atoms with E-state index in [-0.39, 0.29) is 72.7 Å². The summed E-state index contributed by atoms with van der Waals surface area (Å²) >= 11 is 1.25. The molecule has 0 radical (unpaired) electrons. The first kappa shape index (κ1) is 47.2. The van der Waals surface area contributed by atoms with Crippen LogP contribution in [0.4, 0.5) is 25.3 Å². The number of carbonyl (C=O) groups is 6. The minimum Gasteiger partial charge on any atom is -0.389 e. The molecular weight excluding hydrogens is 935 g/mol. The maximum atomic E-state index is 15.7. The van der Waals surface area contributed by atoms with Crippen molar-refractivity contribution in [2.45, 2.75) is 94.6 Å². The molecule has 5 N–H and O–H groups in total. The number of nitrogens with one attached hydrogen (secondary N) is 4. The molecule has 2 aromatic heterocycles. The fraction of sp³-hybridized carbons (Fsp3) is 0.373. The van der Waals surface area contributed by atoms with Gasteiger partial charge in [0.1, 0.15) is 17.7 Å². The molecule has 71 heavy (non-hydrogen) atoms. The first-order chi connectivity index (χ1) is 34.3. The van der Waals surface area contributed by atoms with Crippen molar-refractivity contribution in [3.05, 3.63) is 123 Å². The van der Waals surface area contributed by atoms with Gasteiger partial charge in [-0.1, -0.05) is 11.8 Å². The number of imidazole rings is 1. The van der Waals surface area contributed by atoms with Gasteiger partial charge < -0.3 is 35.0 Å². The van der Waals surface area contributed by atoms with E-state index in [1.165, 1.54) is 34.4 Å². The third-order valence-corrected chi connectivity index (χ3v) is 14.7. The lowest BCUT2D eigenvalue weighted by atomic mass is 9.87. The molecule has 6 amide bonds. The number of hydrogen-bond donors (Lipinski definition) is 5. The van der Waals surface area contributed by atoms with E-state index in [0.717, 1.165) is 18.7 Å². The molecule has 17 nitrogen and oxygen atoms in total. The smallest absolute Gasteiger partial charge is 0.255 e. The van der Waals surface area contributed by atoms with E-state index in [4.69, 9.17) is 0 Å². The van der Waals surface area contributed by atoms with E-state index < -0.39 is 47.0 Å². The number of aromatic nitrogens is 3. The predicted molar refractivity (Wildman–Crippen MR) is 257 cm³/mol. The number of hydrogen-bond acceptors (Lipinski definition) is 12. The molecule has 0 spiro atoms. The molecule has 0 bridgehead atoms. The summed E-state index contributed by atoms with van der Waals surface area (Å²) < 4.78 is 33.0. The maximum Gasteiger partial charge on any atom is 0.255 e. The zero-order chi connectivity index (χ0) is 49.4. The van der Waals surface area contributed by atoms with Gasteiger partial charge in [-0.2, -0.15) is 0 Å². The molecule has 5 aromatic rings. The number of rotatable bonds is 11. The van der Waals surface area contributed by atoms with Crippen LogP contribution in [-0.4, -0.2) is 109 Å². The van der Waals surface area contributed by atoms with Crippen molar-refractivity contribution in [2.75, 3.05) is 41.7 Å². The maximum absolute atomic E-state index is 15.7. The number of halogens is 2. The number of likely N-dealkylation sites (tertiary alicyclic amines) is 1. The van der Waals surface area contributed by atoms with Gasteiger partial charge in [0.15, 0.2) is 11.2 Å². The van der Waals surface area contributed by atoms with Gasteiger partial charge >= 0.3 is 0 Å². The third-order valence-electron chi connectivity index (χ3n) is 14.0. The molecule has 3 saturated heterocycles. The second kappa shape index (κ2) is 19.7. The molecule has 10 rings (SSSR count). The lowest BCUT2D eigenvalue weighted by Crippen LogP contribution is -2.50. The second-order valence-corrected chi connectivity index (χ2v) is 19.6. The summed E-state index contributed by atoms with van der Waals surface area (Å²) in [5.41, 5.74) is 2.39. The van der Waals surface area contributed by atoms with E-state index in [1.54, 1.807) is 59.2 Å². The Hall–Kier alpha value is -7.50. The number of benzene rings is 3. The van der Waals surface area contributed by atoms with Gasteiger partial charge in [0, 0.05) is 96.0 Å². The number of aliphatic hydroxyl groups is 1. The Labute approximate surface area is 411 Å². The fourth-order valence-electron chi connectivity index (χ4n) is 10.1. The largest absolute Gasteiger partial charge is 0.389 e. The topological polar surface area (TPSA) is 211 Å². The third kappa shape index (κ3) is 10.1. The highest BCUT2D eigenvalue weighted by Crippen LogP contribution is 2.37. The van der Waals surface area contributed by atoms with Crippen molar-refractivity contribution < 1.29 is 42.7 Å². The van der Waals surface area contributed by atoms with Crippen LogP contribution in [0.25, 0.3) is 0 Å². The molecule has 7 heterocycles. The zero-order valence-corrected chi connectivity index (χ0v) is 39.3. The Morgan fingerprint density at radius 3 is 2.41 bits per heavy atom. The Morgan fingerprint density at radius 1 is 0.901 bits per heavy atom. The van der Waals surface area contributed by atoms with Gasteiger partial charge in [-0.05, 0) is 99.5 Å². The summed E-state index contributed by atoms with van der Waals surface area (Å²) in [6, 6.07) is 12.1. The number of imide groups is 1. The van der Waals surface area contributed by atoms with Crippen molar-refractivity contribution in [3.8, 4) is 11.8 Å². The standard InChI is InChI=1S/C51H50F2N10O7S/c52-37-25-31(24-35-36(37)28-63(49(35)69)45(48(68)59-50-54-17-23-71-50)44-41-2-1-18-62(41)29-55-44)4-3-30-5-7-32(8-6-30)46(66)57-33-13-19-61(20-14-33)43(65)27-51(70)15-21-60(22-16-51)40-11-9-34(26-38(40)53)56-39-10-12-42(64)58-47(39)67/h5-9,11,17,23-26,29,33,39,45,56,70H,1-2,10,12-16,18-22,27-28H2,(H,57,66)(H,54,59,68)(H,58,64,67). The Kier molecular flexibility index (Phi) is 13.1. The minimum atomic E-state index is -1.24. The number of carbonyl (C=O) groups excluding carboxylic acids is 6. The molecule has 20 heteroatoms. The van der Waals surface area contributed by atoms with Gasteiger partial charge in [-0.3, -0.25) is 39.4 Å². The van der Waals surface area contributed by atoms with Crippen LogP contribution in [0.5, 0.6) is 0 Å². The lowest BCUT2D eigenvalue weighted by Gasteiger charge is -2.40. The normalized spacial score (nSPS) is 19.1. The highest BCUT2D eigenvalue weighted by atomic mass is 32.1. The molecule has 0 saturated carbocycles. The quantitative estimate of drug-likeness (QED) is 0.0908. The SMILES string of the molecule is O=C1CCC(Nc2ccc(N3CCC(O)(CC(=O)N4CCC(NC(=O)c5ccc(C#Cc6cc(F)c7c(c6)C(=O)N(C(C(=O)Nc6nccs6)c6ncn8c6CCC8)C7)cc5)CC4)CC3)c(F)c2)C(=O)N1. The van der Waals surface area contributed by atoms with Gasteiger partial charge in [0.05, 0.1) is 36.3 Å². The number of amides is 6. The zero-order valence-electron chi connectivity index (χ0n) is 38.5.